The van der Waals surface area contributed by atoms with Gasteiger partial charge in [-0.15, -0.1) is 5.10 Å². The number of carbonyl (C=O) groups excluding carboxylic acids is 1. The lowest BCUT2D eigenvalue weighted by molar-refractivity contribution is -0.134. The van der Waals surface area contributed by atoms with Gasteiger partial charge in [-0.1, -0.05) is 24.3 Å². The van der Waals surface area contributed by atoms with Crippen LogP contribution >= 0.6 is 0 Å². The molecule has 0 saturated carbocycles. The van der Waals surface area contributed by atoms with Crippen molar-refractivity contribution in [2.45, 2.75) is 31.7 Å². The number of para-hydroxylation sites is 2. The SMILES string of the molecule is O=C(Cc1ccc(-n2cnnn2)cc1)N1CCCC[C@H]1c1nc2ccccc2[nH]1. The molecule has 8 nitrogen and oxygen atoms in total. The number of aromatic nitrogens is 6. The van der Waals surface area contributed by atoms with Gasteiger partial charge in [0.2, 0.25) is 5.91 Å². The van der Waals surface area contributed by atoms with Crippen molar-refractivity contribution in [3.8, 4) is 5.69 Å². The molecule has 1 fully saturated rings. The van der Waals surface area contributed by atoms with Crippen LogP contribution in [-0.2, 0) is 11.2 Å². The van der Waals surface area contributed by atoms with Crippen molar-refractivity contribution in [3.05, 3.63) is 66.2 Å². The molecule has 1 aliphatic rings. The Kier molecular flexibility index (Phi) is 4.51. The van der Waals surface area contributed by atoms with E-state index in [0.29, 0.717) is 6.42 Å². The Hall–Kier alpha value is -3.55. The minimum Gasteiger partial charge on any atom is -0.340 e. The highest BCUT2D eigenvalue weighted by Crippen LogP contribution is 2.31. The predicted octanol–water partition coefficient (Wildman–Crippen LogP) is 2.83. The minimum atomic E-state index is 0.00384. The summed E-state index contributed by atoms with van der Waals surface area (Å²) < 4.78 is 1.59. The number of nitrogens with zero attached hydrogens (tertiary/aromatic N) is 6. The fourth-order valence-corrected chi connectivity index (χ4v) is 3.97. The third kappa shape index (κ3) is 3.49. The number of imidazole rings is 1. The zero-order valence-corrected chi connectivity index (χ0v) is 15.9. The van der Waals surface area contributed by atoms with Crippen molar-refractivity contribution in [1.29, 1.82) is 0 Å². The smallest absolute Gasteiger partial charge is 0.227 e. The molecule has 8 heteroatoms. The van der Waals surface area contributed by atoms with Gasteiger partial charge in [0, 0.05) is 6.54 Å². The molecular weight excluding hydrogens is 366 g/mol. The van der Waals surface area contributed by atoms with Gasteiger partial charge >= 0.3 is 0 Å². The molecule has 0 bridgehead atoms. The molecule has 0 unspecified atom stereocenters. The number of benzene rings is 2. The van der Waals surface area contributed by atoms with Crippen LogP contribution in [0.1, 0.15) is 36.7 Å². The standard InChI is InChI=1S/C21H21N7O/c29-20(13-15-8-10-16(11-9-15)28-14-22-25-26-28)27-12-4-3-7-19(27)21-23-17-5-1-2-6-18(17)24-21/h1-2,5-6,8-11,14,19H,3-4,7,12-13H2,(H,23,24)/t19-/m0/s1. The van der Waals surface area contributed by atoms with E-state index < -0.39 is 0 Å². The second-order valence-corrected chi connectivity index (χ2v) is 7.34. The molecule has 0 aliphatic carbocycles. The molecular formula is C21H21N7O. The summed E-state index contributed by atoms with van der Waals surface area (Å²) in [5.74, 6) is 1.01. The molecule has 3 heterocycles. The average molecular weight is 387 g/mol. The van der Waals surface area contributed by atoms with Gasteiger partial charge in [0.1, 0.15) is 12.2 Å². The Bertz CT molecular complexity index is 1080. The number of nitrogens with one attached hydrogen (secondary N) is 1. The molecule has 1 aliphatic heterocycles. The fraction of sp³-hybridized carbons (Fsp3) is 0.286. The Balaban J connectivity index is 1.34. The highest BCUT2D eigenvalue weighted by molar-refractivity contribution is 5.80. The third-order valence-electron chi connectivity index (χ3n) is 5.45. The van der Waals surface area contributed by atoms with Gasteiger partial charge in [-0.2, -0.15) is 0 Å². The van der Waals surface area contributed by atoms with Gasteiger partial charge in [0.05, 0.1) is 29.2 Å². The Morgan fingerprint density at radius 3 is 2.76 bits per heavy atom. The monoisotopic (exact) mass is 387 g/mol. The predicted molar refractivity (Wildman–Crippen MR) is 107 cm³/mol. The molecule has 146 valence electrons. The Morgan fingerprint density at radius 2 is 1.97 bits per heavy atom. The zero-order valence-electron chi connectivity index (χ0n) is 15.9. The summed E-state index contributed by atoms with van der Waals surface area (Å²) >= 11 is 0. The first-order chi connectivity index (χ1) is 14.3. The quantitative estimate of drug-likeness (QED) is 0.581. The molecule has 5 rings (SSSR count). The van der Waals surface area contributed by atoms with E-state index in [4.69, 9.17) is 4.98 Å². The summed E-state index contributed by atoms with van der Waals surface area (Å²) in [6.07, 6.45) is 4.98. The molecule has 1 atom stereocenters. The van der Waals surface area contributed by atoms with E-state index in [-0.39, 0.29) is 11.9 Å². The lowest BCUT2D eigenvalue weighted by Crippen LogP contribution is -2.39. The van der Waals surface area contributed by atoms with Gasteiger partial charge in [-0.05, 0) is 59.5 Å². The van der Waals surface area contributed by atoms with Crippen molar-refractivity contribution >= 4 is 16.9 Å². The van der Waals surface area contributed by atoms with Gasteiger partial charge < -0.3 is 9.88 Å². The normalized spacial score (nSPS) is 17.0. The Morgan fingerprint density at radius 1 is 1.10 bits per heavy atom. The topological polar surface area (TPSA) is 92.6 Å². The van der Waals surface area contributed by atoms with Crippen LogP contribution < -0.4 is 0 Å². The van der Waals surface area contributed by atoms with Crippen LogP contribution in [0.3, 0.4) is 0 Å². The number of amides is 1. The van der Waals surface area contributed by atoms with Crippen LogP contribution in [0.25, 0.3) is 16.7 Å². The Labute approximate surface area is 167 Å². The molecule has 0 radical (unpaired) electrons. The van der Waals surface area contributed by atoms with Crippen LogP contribution in [0.5, 0.6) is 0 Å². The van der Waals surface area contributed by atoms with Gasteiger partial charge in [0.15, 0.2) is 0 Å². The first kappa shape index (κ1) is 17.5. The summed E-state index contributed by atoms with van der Waals surface area (Å²) in [5, 5.41) is 11.2. The van der Waals surface area contributed by atoms with E-state index in [0.717, 1.165) is 53.9 Å². The number of aromatic amines is 1. The molecule has 4 aromatic rings. The number of hydrogen-bond donors (Lipinski definition) is 1. The third-order valence-corrected chi connectivity index (χ3v) is 5.45. The minimum absolute atomic E-state index is 0.00384. The van der Waals surface area contributed by atoms with E-state index >= 15 is 0 Å². The summed E-state index contributed by atoms with van der Waals surface area (Å²) in [5.41, 5.74) is 3.79. The lowest BCUT2D eigenvalue weighted by atomic mass is 10.00. The number of rotatable bonds is 4. The highest BCUT2D eigenvalue weighted by Gasteiger charge is 2.30. The first-order valence-electron chi connectivity index (χ1n) is 9.84. The number of H-pyrrole nitrogens is 1. The summed E-state index contributed by atoms with van der Waals surface area (Å²) in [4.78, 5) is 23.3. The van der Waals surface area contributed by atoms with Crippen molar-refractivity contribution in [1.82, 2.24) is 35.1 Å². The van der Waals surface area contributed by atoms with Crippen LogP contribution in [0.15, 0.2) is 54.9 Å². The van der Waals surface area contributed by atoms with Gasteiger partial charge in [0.25, 0.3) is 0 Å². The van der Waals surface area contributed by atoms with Crippen molar-refractivity contribution in [3.63, 3.8) is 0 Å². The number of carbonyl (C=O) groups is 1. The molecule has 2 aromatic carbocycles. The number of likely N-dealkylation sites (tertiary alicyclic amines) is 1. The average Bonchev–Trinajstić information content (AvgIpc) is 3.44. The summed E-state index contributed by atoms with van der Waals surface area (Å²) in [6.45, 7) is 0.767. The molecule has 1 N–H and O–H groups in total. The number of piperidine rings is 1. The van der Waals surface area contributed by atoms with Crippen LogP contribution in [0.4, 0.5) is 0 Å². The highest BCUT2D eigenvalue weighted by atomic mass is 16.2. The largest absolute Gasteiger partial charge is 0.340 e. The molecule has 1 saturated heterocycles. The molecule has 0 spiro atoms. The van der Waals surface area contributed by atoms with Crippen molar-refractivity contribution in [2.24, 2.45) is 0 Å². The van der Waals surface area contributed by atoms with Crippen LogP contribution in [0, 0.1) is 0 Å². The fourth-order valence-electron chi connectivity index (χ4n) is 3.97. The second-order valence-electron chi connectivity index (χ2n) is 7.34. The number of fused-ring (bicyclic) bond motifs is 1. The van der Waals surface area contributed by atoms with Gasteiger partial charge in [-0.3, -0.25) is 4.79 Å². The van der Waals surface area contributed by atoms with Gasteiger partial charge in [-0.25, -0.2) is 9.67 Å². The van der Waals surface area contributed by atoms with E-state index in [1.807, 2.05) is 53.4 Å². The van der Waals surface area contributed by atoms with Crippen molar-refractivity contribution < 1.29 is 4.79 Å². The van der Waals surface area contributed by atoms with E-state index in [1.165, 1.54) is 0 Å². The maximum Gasteiger partial charge on any atom is 0.227 e. The number of tetrazole rings is 1. The lowest BCUT2D eigenvalue weighted by Gasteiger charge is -2.34. The first-order valence-corrected chi connectivity index (χ1v) is 9.84. The zero-order chi connectivity index (χ0) is 19.6. The van der Waals surface area contributed by atoms with E-state index in [1.54, 1.807) is 11.0 Å². The summed E-state index contributed by atoms with van der Waals surface area (Å²) in [7, 11) is 0. The molecule has 2 aromatic heterocycles. The second kappa shape index (κ2) is 7.46. The van der Waals surface area contributed by atoms with Crippen LogP contribution in [-0.4, -0.2) is 47.5 Å². The van der Waals surface area contributed by atoms with E-state index in [2.05, 4.69) is 20.5 Å². The molecule has 29 heavy (non-hydrogen) atoms. The summed E-state index contributed by atoms with van der Waals surface area (Å²) in [6, 6.07) is 15.7. The van der Waals surface area contributed by atoms with Crippen LogP contribution in [0.2, 0.25) is 0 Å². The maximum atomic E-state index is 13.1. The van der Waals surface area contributed by atoms with E-state index in [9.17, 15) is 4.79 Å². The molecule has 1 amide bonds. The number of hydrogen-bond acceptors (Lipinski definition) is 5. The van der Waals surface area contributed by atoms with Crippen molar-refractivity contribution in [2.75, 3.05) is 6.54 Å². The maximum absolute atomic E-state index is 13.1.